The first-order valence-electron chi connectivity index (χ1n) is 6.46. The fourth-order valence-corrected chi connectivity index (χ4v) is 2.50. The fourth-order valence-electron chi connectivity index (χ4n) is 1.99. The Kier molecular flexibility index (Phi) is 5.84. The van der Waals surface area contributed by atoms with Crippen molar-refractivity contribution < 1.29 is 14.2 Å². The molecule has 0 atom stereocenters. The molecule has 0 N–H and O–H groups in total. The minimum absolute atomic E-state index is 0.198. The molecule has 3 nitrogen and oxygen atoms in total. The normalized spacial score (nSPS) is 11.3. The molecule has 0 heterocycles. The van der Waals surface area contributed by atoms with Crippen molar-refractivity contribution in [1.82, 2.24) is 0 Å². The molecule has 0 amide bonds. The van der Waals surface area contributed by atoms with E-state index in [2.05, 4.69) is 15.9 Å². The van der Waals surface area contributed by atoms with Crippen LogP contribution in [0.15, 0.2) is 53.5 Å². The van der Waals surface area contributed by atoms with Crippen LogP contribution in [0.5, 0.6) is 11.5 Å². The molecular formula is C17H17BrO3. The van der Waals surface area contributed by atoms with Crippen molar-refractivity contribution in [3.8, 4) is 11.5 Å². The van der Waals surface area contributed by atoms with Gasteiger partial charge < -0.3 is 14.2 Å². The van der Waals surface area contributed by atoms with Crippen molar-refractivity contribution in [2.24, 2.45) is 0 Å². The Morgan fingerprint density at radius 3 is 2.48 bits per heavy atom. The average molecular weight is 349 g/mol. The molecule has 0 aliphatic heterocycles. The highest BCUT2D eigenvalue weighted by atomic mass is 79.9. The van der Waals surface area contributed by atoms with Gasteiger partial charge in [0.05, 0.1) is 7.11 Å². The van der Waals surface area contributed by atoms with Gasteiger partial charge in [-0.2, -0.15) is 0 Å². The highest BCUT2D eigenvalue weighted by Crippen LogP contribution is 2.34. The zero-order chi connectivity index (χ0) is 15.1. The number of hydrogen-bond donors (Lipinski definition) is 0. The first-order chi connectivity index (χ1) is 10.3. The molecule has 0 aliphatic carbocycles. The molecule has 2 aromatic rings. The Morgan fingerprint density at radius 2 is 1.86 bits per heavy atom. The van der Waals surface area contributed by atoms with Crippen LogP contribution in [0, 0.1) is 0 Å². The quantitative estimate of drug-likeness (QED) is 0.721. The lowest BCUT2D eigenvalue weighted by Crippen LogP contribution is -2.02. The lowest BCUT2D eigenvalue weighted by Gasteiger charge is -2.15. The van der Waals surface area contributed by atoms with Crippen molar-refractivity contribution in [3.63, 3.8) is 0 Å². The molecular weight excluding hydrogens is 332 g/mol. The van der Waals surface area contributed by atoms with E-state index in [1.165, 1.54) is 0 Å². The third kappa shape index (κ3) is 3.86. The van der Waals surface area contributed by atoms with Crippen molar-refractivity contribution in [2.75, 3.05) is 21.0 Å². The van der Waals surface area contributed by atoms with Crippen molar-refractivity contribution in [2.45, 2.75) is 0 Å². The van der Waals surface area contributed by atoms with Gasteiger partial charge in [0.25, 0.3) is 0 Å². The van der Waals surface area contributed by atoms with Gasteiger partial charge in [-0.1, -0.05) is 46.3 Å². The Bertz CT molecular complexity index is 609. The Morgan fingerprint density at radius 1 is 1.10 bits per heavy atom. The Hall–Kier alpha value is -1.78. The maximum atomic E-state index is 5.65. The van der Waals surface area contributed by atoms with Crippen LogP contribution in [0.4, 0.5) is 0 Å². The summed E-state index contributed by atoms with van der Waals surface area (Å²) >= 11 is 3.45. The molecule has 0 fully saturated rings. The molecule has 4 heteroatoms. The third-order valence-corrected chi connectivity index (χ3v) is 3.46. The highest BCUT2D eigenvalue weighted by molar-refractivity contribution is 9.11. The van der Waals surface area contributed by atoms with E-state index in [0.717, 1.165) is 28.2 Å². The molecule has 0 unspecified atom stereocenters. The van der Waals surface area contributed by atoms with Gasteiger partial charge in [-0.3, -0.25) is 0 Å². The van der Waals surface area contributed by atoms with E-state index in [0.29, 0.717) is 0 Å². The first kappa shape index (κ1) is 15.6. The van der Waals surface area contributed by atoms with Gasteiger partial charge in [-0.25, -0.2) is 0 Å². The Balaban J connectivity index is 2.48. The number of rotatable bonds is 6. The number of methoxy groups -OCH3 is 2. The summed E-state index contributed by atoms with van der Waals surface area (Å²) in [5.74, 6) is 1.52. The molecule has 0 saturated carbocycles. The second kappa shape index (κ2) is 7.86. The molecule has 0 spiro atoms. The summed E-state index contributed by atoms with van der Waals surface area (Å²) in [6.07, 6.45) is 0. The van der Waals surface area contributed by atoms with E-state index in [-0.39, 0.29) is 6.79 Å². The molecule has 2 aromatic carbocycles. The van der Waals surface area contributed by atoms with E-state index in [9.17, 15) is 0 Å². The van der Waals surface area contributed by atoms with Gasteiger partial charge in [-0.05, 0) is 34.3 Å². The first-order valence-corrected chi connectivity index (χ1v) is 7.37. The molecule has 0 saturated heterocycles. The predicted octanol–water partition coefficient (Wildman–Crippen LogP) is 4.46. The van der Waals surface area contributed by atoms with E-state index >= 15 is 0 Å². The van der Waals surface area contributed by atoms with Crippen LogP contribution in [0.3, 0.4) is 0 Å². The standard InChI is InChI=1S/C17H17BrO3/c1-19-12-21-17-9-8-14(20-2)10-15(17)16(11-18)13-6-4-3-5-7-13/h3-11H,12H2,1-2H3/b16-11+. The molecule has 110 valence electrons. The van der Waals surface area contributed by atoms with Crippen LogP contribution in [0.25, 0.3) is 5.57 Å². The minimum atomic E-state index is 0.198. The number of ether oxygens (including phenoxy) is 3. The number of halogens is 1. The summed E-state index contributed by atoms with van der Waals surface area (Å²) in [4.78, 5) is 1.89. The molecule has 0 aromatic heterocycles. The summed E-state index contributed by atoms with van der Waals surface area (Å²) in [7, 11) is 3.25. The van der Waals surface area contributed by atoms with Crippen LogP contribution < -0.4 is 9.47 Å². The molecule has 0 radical (unpaired) electrons. The van der Waals surface area contributed by atoms with Crippen LogP contribution in [0.1, 0.15) is 11.1 Å². The van der Waals surface area contributed by atoms with Crippen LogP contribution in [-0.2, 0) is 4.74 Å². The highest BCUT2D eigenvalue weighted by Gasteiger charge is 2.12. The molecule has 21 heavy (non-hydrogen) atoms. The van der Waals surface area contributed by atoms with Gasteiger partial charge in [0.2, 0.25) is 0 Å². The summed E-state index contributed by atoms with van der Waals surface area (Å²) < 4.78 is 16.0. The van der Waals surface area contributed by atoms with Crippen LogP contribution >= 0.6 is 15.9 Å². The lowest BCUT2D eigenvalue weighted by molar-refractivity contribution is 0.0509. The van der Waals surface area contributed by atoms with E-state index in [4.69, 9.17) is 14.2 Å². The smallest absolute Gasteiger partial charge is 0.188 e. The van der Waals surface area contributed by atoms with Crippen LogP contribution in [0.2, 0.25) is 0 Å². The zero-order valence-electron chi connectivity index (χ0n) is 12.0. The largest absolute Gasteiger partial charge is 0.497 e. The van der Waals surface area contributed by atoms with E-state index in [1.807, 2.05) is 53.5 Å². The minimum Gasteiger partial charge on any atom is -0.497 e. The van der Waals surface area contributed by atoms with Gasteiger partial charge in [0.15, 0.2) is 6.79 Å². The van der Waals surface area contributed by atoms with E-state index in [1.54, 1.807) is 14.2 Å². The second-order valence-corrected chi connectivity index (χ2v) is 4.76. The maximum Gasteiger partial charge on any atom is 0.188 e. The maximum absolute atomic E-state index is 5.65. The van der Waals surface area contributed by atoms with Gasteiger partial charge in [0.1, 0.15) is 11.5 Å². The topological polar surface area (TPSA) is 27.7 Å². The average Bonchev–Trinajstić information content (AvgIpc) is 2.55. The lowest BCUT2D eigenvalue weighted by atomic mass is 9.98. The molecule has 0 bridgehead atoms. The summed E-state index contributed by atoms with van der Waals surface area (Å²) in [6, 6.07) is 15.8. The predicted molar refractivity (Wildman–Crippen MR) is 87.9 cm³/mol. The third-order valence-electron chi connectivity index (χ3n) is 3.00. The van der Waals surface area contributed by atoms with E-state index < -0.39 is 0 Å². The van der Waals surface area contributed by atoms with Crippen molar-refractivity contribution >= 4 is 21.5 Å². The summed E-state index contributed by atoms with van der Waals surface area (Å²) in [6.45, 7) is 0.198. The van der Waals surface area contributed by atoms with Gasteiger partial charge in [0, 0.05) is 12.7 Å². The van der Waals surface area contributed by atoms with Crippen LogP contribution in [-0.4, -0.2) is 21.0 Å². The summed E-state index contributed by atoms with van der Waals surface area (Å²) in [5, 5.41) is 0. The SMILES string of the molecule is COCOc1ccc(OC)cc1/C(=C/Br)c1ccccc1. The van der Waals surface area contributed by atoms with Crippen molar-refractivity contribution in [3.05, 3.63) is 64.6 Å². The van der Waals surface area contributed by atoms with Crippen molar-refractivity contribution in [1.29, 1.82) is 0 Å². The molecule has 0 aliphatic rings. The Labute approximate surface area is 133 Å². The second-order valence-electron chi connectivity index (χ2n) is 4.30. The fraction of sp³-hybridized carbons (Fsp3) is 0.176. The number of hydrogen-bond acceptors (Lipinski definition) is 3. The zero-order valence-corrected chi connectivity index (χ0v) is 13.6. The number of benzene rings is 2. The molecule has 2 rings (SSSR count). The van der Waals surface area contributed by atoms with Gasteiger partial charge in [-0.15, -0.1) is 0 Å². The van der Waals surface area contributed by atoms with Gasteiger partial charge >= 0.3 is 0 Å². The summed E-state index contributed by atoms with van der Waals surface area (Å²) in [5.41, 5.74) is 3.04. The monoisotopic (exact) mass is 348 g/mol.